The molecule has 202 valence electrons. The quantitative estimate of drug-likeness (QED) is 0.174. The first-order valence-electron chi connectivity index (χ1n) is 13.2. The summed E-state index contributed by atoms with van der Waals surface area (Å²) in [6.07, 6.45) is 0. The van der Waals surface area contributed by atoms with Crippen molar-refractivity contribution in [3.8, 4) is 5.75 Å². The Hall–Kier alpha value is -5.15. The highest BCUT2D eigenvalue weighted by Crippen LogP contribution is 2.59. The first kappa shape index (κ1) is 24.9. The fourth-order valence-electron chi connectivity index (χ4n) is 6.17. The van der Waals surface area contributed by atoms with Crippen LogP contribution in [-0.4, -0.2) is 26.7 Å². The van der Waals surface area contributed by atoms with Crippen LogP contribution in [0, 0.1) is 10.1 Å². The van der Waals surface area contributed by atoms with E-state index in [0.29, 0.717) is 21.8 Å². The molecule has 0 saturated carbocycles. The van der Waals surface area contributed by atoms with Gasteiger partial charge in [0.15, 0.2) is 0 Å². The first-order valence-corrected chi connectivity index (χ1v) is 13.2. The van der Waals surface area contributed by atoms with Crippen LogP contribution in [0.2, 0.25) is 0 Å². The second-order valence-electron chi connectivity index (χ2n) is 10.7. The molecule has 9 nitrogen and oxygen atoms in total. The van der Waals surface area contributed by atoms with Crippen molar-refractivity contribution in [1.82, 2.24) is 10.3 Å². The number of carbonyl (C=O) groups excluding carboxylic acids is 2. The Balaban J connectivity index is 1.50. The van der Waals surface area contributed by atoms with Gasteiger partial charge in [0, 0.05) is 28.0 Å². The number of carbonyl (C=O) groups is 2. The molecule has 1 aromatic heterocycles. The largest absolute Gasteiger partial charge is 0.454 e. The summed E-state index contributed by atoms with van der Waals surface area (Å²) in [5.41, 5.74) is -0.527. The van der Waals surface area contributed by atoms with Crippen molar-refractivity contribution < 1.29 is 24.4 Å². The van der Waals surface area contributed by atoms with Crippen LogP contribution in [0.15, 0.2) is 84.9 Å². The van der Waals surface area contributed by atoms with Crippen molar-refractivity contribution >= 4 is 39.2 Å². The zero-order chi connectivity index (χ0) is 28.7. The van der Waals surface area contributed by atoms with E-state index in [0.717, 1.165) is 5.56 Å². The van der Waals surface area contributed by atoms with E-state index in [1.54, 1.807) is 54.6 Å². The normalized spacial score (nSPS) is 20.5. The summed E-state index contributed by atoms with van der Waals surface area (Å²) >= 11 is 0. The van der Waals surface area contributed by atoms with Gasteiger partial charge in [-0.05, 0) is 29.7 Å². The van der Waals surface area contributed by atoms with Crippen LogP contribution < -0.4 is 10.1 Å². The Morgan fingerprint density at radius 3 is 2.24 bits per heavy atom. The summed E-state index contributed by atoms with van der Waals surface area (Å²) < 4.78 is 6.14. The van der Waals surface area contributed by atoms with Gasteiger partial charge < -0.3 is 15.2 Å². The van der Waals surface area contributed by atoms with Crippen LogP contribution in [0.25, 0.3) is 21.8 Å². The molecule has 9 heteroatoms. The molecule has 4 aromatic carbocycles. The molecule has 0 radical (unpaired) electrons. The summed E-state index contributed by atoms with van der Waals surface area (Å²) in [7, 11) is 0. The van der Waals surface area contributed by atoms with Gasteiger partial charge in [0.05, 0.1) is 21.5 Å². The zero-order valence-electron chi connectivity index (χ0n) is 22.0. The van der Waals surface area contributed by atoms with E-state index >= 15 is 0 Å². The molecule has 2 aliphatic rings. The molecule has 0 spiro atoms. The third-order valence-electron chi connectivity index (χ3n) is 8.13. The fourth-order valence-corrected chi connectivity index (χ4v) is 6.17. The van der Waals surface area contributed by atoms with Crippen LogP contribution in [0.4, 0.5) is 5.69 Å². The highest BCUT2D eigenvalue weighted by atomic mass is 16.6. The van der Waals surface area contributed by atoms with Crippen LogP contribution in [0.1, 0.15) is 57.2 Å². The SMILES string of the molecule is CC(C)c1ccc2c(c1)OC1(O)c3cccc([N+](=O)[O-])c3C(=O)C21NC(=O)c1c2ccccc2nc2ccccc12. The van der Waals surface area contributed by atoms with E-state index in [1.807, 2.05) is 26.0 Å². The standard InChI is InChI=1S/C32H23N3O6/c1-17(2)18-14-15-21-26(16-18)41-32(38)22-10-7-13-25(35(39)40)28(22)29(36)31(21,32)34-30(37)27-19-8-3-5-11-23(19)33-24-12-6-4-9-20(24)27/h3-17,38H,1-2H3,(H,34,37). The number of aliphatic hydroxyl groups is 1. The molecule has 0 saturated heterocycles. The Bertz CT molecular complexity index is 1930. The summed E-state index contributed by atoms with van der Waals surface area (Å²) in [6, 6.07) is 23.5. The van der Waals surface area contributed by atoms with Gasteiger partial charge in [0.2, 0.25) is 11.3 Å². The summed E-state index contributed by atoms with van der Waals surface area (Å²) in [4.78, 5) is 44.8. The van der Waals surface area contributed by atoms with E-state index < -0.39 is 33.6 Å². The van der Waals surface area contributed by atoms with Crippen molar-refractivity contribution in [3.05, 3.63) is 123 Å². The van der Waals surface area contributed by atoms with Gasteiger partial charge in [-0.1, -0.05) is 74.5 Å². The van der Waals surface area contributed by atoms with Crippen molar-refractivity contribution in [1.29, 1.82) is 0 Å². The molecule has 1 aliphatic carbocycles. The molecule has 2 N–H and O–H groups in total. The van der Waals surface area contributed by atoms with E-state index in [9.17, 15) is 24.8 Å². The Labute approximate surface area is 233 Å². The van der Waals surface area contributed by atoms with Crippen LogP contribution >= 0.6 is 0 Å². The number of pyridine rings is 1. The number of nitrogens with one attached hydrogen (secondary N) is 1. The van der Waals surface area contributed by atoms with Gasteiger partial charge in [-0.2, -0.15) is 0 Å². The lowest BCUT2D eigenvalue weighted by molar-refractivity contribution is -0.385. The van der Waals surface area contributed by atoms with E-state index in [4.69, 9.17) is 4.74 Å². The van der Waals surface area contributed by atoms with Gasteiger partial charge in [0.25, 0.3) is 17.4 Å². The Morgan fingerprint density at radius 2 is 1.61 bits per heavy atom. The lowest BCUT2D eigenvalue weighted by Crippen LogP contribution is -2.60. The van der Waals surface area contributed by atoms with Gasteiger partial charge in [-0.25, -0.2) is 4.98 Å². The number of nitro benzene ring substituents is 1. The fraction of sp³-hybridized carbons (Fsp3) is 0.156. The van der Waals surface area contributed by atoms with E-state index in [1.165, 1.54) is 18.2 Å². The maximum Gasteiger partial charge on any atom is 0.280 e. The molecule has 0 bridgehead atoms. The molecule has 2 atom stereocenters. The summed E-state index contributed by atoms with van der Waals surface area (Å²) in [5, 5.41) is 28.2. The highest BCUT2D eigenvalue weighted by molar-refractivity contribution is 6.20. The average molecular weight is 546 g/mol. The molecular weight excluding hydrogens is 522 g/mol. The van der Waals surface area contributed by atoms with Crippen LogP contribution in [-0.2, 0) is 11.3 Å². The maximum atomic E-state index is 14.4. The second kappa shape index (κ2) is 8.42. The third-order valence-corrected chi connectivity index (χ3v) is 8.13. The Morgan fingerprint density at radius 1 is 0.951 bits per heavy atom. The number of hydrogen-bond donors (Lipinski definition) is 2. The molecule has 0 fully saturated rings. The topological polar surface area (TPSA) is 132 Å². The predicted molar refractivity (Wildman–Crippen MR) is 151 cm³/mol. The molecule has 1 aliphatic heterocycles. The third kappa shape index (κ3) is 3.17. The lowest BCUT2D eigenvalue weighted by Gasteiger charge is -2.34. The number of benzene rings is 4. The number of fused-ring (bicyclic) bond motifs is 7. The second-order valence-corrected chi connectivity index (χ2v) is 10.7. The number of para-hydroxylation sites is 2. The molecule has 1 amide bonds. The summed E-state index contributed by atoms with van der Waals surface area (Å²) in [6.45, 7) is 3.99. The molecule has 5 aromatic rings. The van der Waals surface area contributed by atoms with Crippen molar-refractivity contribution in [2.75, 3.05) is 0 Å². The molecule has 41 heavy (non-hydrogen) atoms. The number of nitrogens with zero attached hydrogens (tertiary/aromatic N) is 2. The number of ether oxygens (including phenoxy) is 1. The molecule has 7 rings (SSSR count). The number of ketones is 1. The van der Waals surface area contributed by atoms with Gasteiger partial charge in [0.1, 0.15) is 11.3 Å². The molecule has 2 heterocycles. The van der Waals surface area contributed by atoms with Crippen LogP contribution in [0.5, 0.6) is 5.75 Å². The van der Waals surface area contributed by atoms with Gasteiger partial charge in [-0.3, -0.25) is 19.7 Å². The smallest absolute Gasteiger partial charge is 0.280 e. The van der Waals surface area contributed by atoms with Gasteiger partial charge in [-0.15, -0.1) is 0 Å². The molecule has 2 unspecified atom stereocenters. The number of aromatic nitrogens is 1. The van der Waals surface area contributed by atoms with Crippen molar-refractivity contribution in [3.63, 3.8) is 0 Å². The minimum Gasteiger partial charge on any atom is -0.454 e. The predicted octanol–water partition coefficient (Wildman–Crippen LogP) is 5.48. The molecular formula is C32H23N3O6. The number of amides is 1. The monoisotopic (exact) mass is 545 g/mol. The average Bonchev–Trinajstić information content (AvgIpc) is 3.32. The summed E-state index contributed by atoms with van der Waals surface area (Å²) in [5.74, 6) is -3.59. The van der Waals surface area contributed by atoms with Gasteiger partial charge >= 0.3 is 0 Å². The number of rotatable bonds is 4. The number of Topliss-reactive ketones (excluding diaryl/α,β-unsaturated/α-hetero) is 1. The van der Waals surface area contributed by atoms with Crippen molar-refractivity contribution in [2.45, 2.75) is 31.1 Å². The zero-order valence-corrected chi connectivity index (χ0v) is 22.0. The van der Waals surface area contributed by atoms with Crippen molar-refractivity contribution in [2.24, 2.45) is 0 Å². The minimum absolute atomic E-state index is 0.0799. The number of hydrogen-bond acceptors (Lipinski definition) is 7. The Kier molecular flexibility index (Phi) is 5.11. The minimum atomic E-state index is -2.43. The lowest BCUT2D eigenvalue weighted by atomic mass is 9.81. The first-order chi connectivity index (χ1) is 19.7. The maximum absolute atomic E-state index is 14.4. The number of nitro groups is 1. The van der Waals surface area contributed by atoms with E-state index in [-0.39, 0.29) is 33.9 Å². The van der Waals surface area contributed by atoms with Crippen LogP contribution in [0.3, 0.4) is 0 Å². The highest BCUT2D eigenvalue weighted by Gasteiger charge is 2.73. The van der Waals surface area contributed by atoms with E-state index in [2.05, 4.69) is 10.3 Å².